The van der Waals surface area contributed by atoms with Crippen LogP contribution in [0.4, 0.5) is 5.82 Å². The first-order valence-corrected chi connectivity index (χ1v) is 7.71. The van der Waals surface area contributed by atoms with Crippen LogP contribution < -0.4 is 5.32 Å². The molecule has 2 rings (SSSR count). The molecule has 4 nitrogen and oxygen atoms in total. The Morgan fingerprint density at radius 3 is 2.63 bits per heavy atom. The average molecular weight is 341 g/mol. The zero-order chi connectivity index (χ0) is 14.0. The molecule has 19 heavy (non-hydrogen) atoms. The molecule has 6 heteroatoms. The van der Waals surface area contributed by atoms with Gasteiger partial charge in [-0.1, -0.05) is 20.8 Å². The van der Waals surface area contributed by atoms with Crippen LogP contribution in [0.3, 0.4) is 0 Å². The lowest BCUT2D eigenvalue weighted by Crippen LogP contribution is -2.17. The van der Waals surface area contributed by atoms with E-state index in [1.807, 2.05) is 18.5 Å². The summed E-state index contributed by atoms with van der Waals surface area (Å²) in [5.41, 5.74) is 2.87. The Morgan fingerprint density at radius 1 is 1.32 bits per heavy atom. The predicted molar refractivity (Wildman–Crippen MR) is 82.6 cm³/mol. The lowest BCUT2D eigenvalue weighted by Gasteiger charge is -2.17. The van der Waals surface area contributed by atoms with E-state index < -0.39 is 0 Å². The maximum atomic E-state index is 4.57. The van der Waals surface area contributed by atoms with Crippen LogP contribution in [-0.4, -0.2) is 15.0 Å². The molecule has 0 saturated carbocycles. The van der Waals surface area contributed by atoms with Crippen molar-refractivity contribution in [2.45, 2.75) is 39.7 Å². The van der Waals surface area contributed by atoms with Crippen LogP contribution in [0, 0.1) is 6.92 Å². The van der Waals surface area contributed by atoms with Crippen LogP contribution in [-0.2, 0) is 12.0 Å². The number of aryl methyl sites for hydroxylation is 1. The molecular formula is C13H17BrN4S. The van der Waals surface area contributed by atoms with Crippen LogP contribution in [0.15, 0.2) is 16.2 Å². The summed E-state index contributed by atoms with van der Waals surface area (Å²) in [5.74, 6) is 1.66. The number of hydrogen-bond acceptors (Lipinski definition) is 5. The predicted octanol–water partition coefficient (Wildman–Crippen LogP) is 3.91. The highest BCUT2D eigenvalue weighted by Gasteiger charge is 2.18. The molecule has 0 amide bonds. The molecular weight excluding hydrogens is 324 g/mol. The van der Waals surface area contributed by atoms with E-state index in [0.717, 1.165) is 28.5 Å². The minimum absolute atomic E-state index is 0.0688. The van der Waals surface area contributed by atoms with E-state index in [0.29, 0.717) is 0 Å². The summed E-state index contributed by atoms with van der Waals surface area (Å²) in [6.07, 6.45) is 0. The van der Waals surface area contributed by atoms with Crippen molar-refractivity contribution in [1.29, 1.82) is 0 Å². The quantitative estimate of drug-likeness (QED) is 0.860. The van der Waals surface area contributed by atoms with Crippen LogP contribution in [0.2, 0.25) is 0 Å². The molecule has 0 aliphatic heterocycles. The number of nitrogens with zero attached hydrogens (tertiary/aromatic N) is 3. The molecule has 0 fully saturated rings. The Balaban J connectivity index is 2.17. The van der Waals surface area contributed by atoms with Crippen LogP contribution >= 0.6 is 27.3 Å². The summed E-state index contributed by atoms with van der Waals surface area (Å²) in [7, 11) is 0. The second kappa shape index (κ2) is 5.54. The van der Waals surface area contributed by atoms with Crippen molar-refractivity contribution in [2.24, 2.45) is 0 Å². The van der Waals surface area contributed by atoms with E-state index in [2.05, 4.69) is 57.0 Å². The summed E-state index contributed by atoms with van der Waals surface area (Å²) in [5, 5.41) is 3.33. The topological polar surface area (TPSA) is 50.7 Å². The number of rotatable bonds is 3. The van der Waals surface area contributed by atoms with Gasteiger partial charge in [0, 0.05) is 16.4 Å². The third-order valence-corrected chi connectivity index (χ3v) is 3.98. The van der Waals surface area contributed by atoms with E-state index in [1.165, 1.54) is 4.88 Å². The van der Waals surface area contributed by atoms with Crippen LogP contribution in [0.25, 0.3) is 0 Å². The summed E-state index contributed by atoms with van der Waals surface area (Å²) in [6.45, 7) is 9.07. The smallest absolute Gasteiger partial charge is 0.137 e. The molecule has 0 bridgehead atoms. The minimum Gasteiger partial charge on any atom is -0.365 e. The second-order valence-electron chi connectivity index (χ2n) is 5.36. The maximum Gasteiger partial charge on any atom is 0.137 e. The first kappa shape index (κ1) is 14.4. The lowest BCUT2D eigenvalue weighted by molar-refractivity contribution is 0.544. The molecule has 2 aromatic heterocycles. The van der Waals surface area contributed by atoms with Crippen LogP contribution in [0.1, 0.15) is 37.2 Å². The van der Waals surface area contributed by atoms with Crippen molar-refractivity contribution in [3.05, 3.63) is 32.6 Å². The van der Waals surface area contributed by atoms with Gasteiger partial charge in [-0.05, 0) is 22.9 Å². The van der Waals surface area contributed by atoms with Crippen molar-refractivity contribution in [3.63, 3.8) is 0 Å². The number of aromatic nitrogens is 3. The molecule has 2 aromatic rings. The average Bonchev–Trinajstić information content (AvgIpc) is 2.70. The minimum atomic E-state index is -0.0688. The van der Waals surface area contributed by atoms with Gasteiger partial charge in [-0.25, -0.2) is 15.0 Å². The first-order chi connectivity index (χ1) is 8.86. The van der Waals surface area contributed by atoms with Gasteiger partial charge in [0.05, 0.1) is 17.7 Å². The first-order valence-electron chi connectivity index (χ1n) is 6.04. The highest BCUT2D eigenvalue weighted by atomic mass is 79.9. The highest BCUT2D eigenvalue weighted by molar-refractivity contribution is 9.10. The summed E-state index contributed by atoms with van der Waals surface area (Å²) >= 11 is 5.09. The standard InChI is InChI=1S/C13H17BrN4S/c1-8-9(19-7-16-8)6-15-11-5-10(14)17-12(18-11)13(2,3)4/h5,7H,6H2,1-4H3,(H,15,17,18). The number of halogens is 1. The van der Waals surface area contributed by atoms with Crippen molar-refractivity contribution < 1.29 is 0 Å². The normalized spacial score (nSPS) is 11.6. The van der Waals surface area contributed by atoms with Gasteiger partial charge in [0.25, 0.3) is 0 Å². The SMILES string of the molecule is Cc1ncsc1CNc1cc(Br)nc(C(C)(C)C)n1. The summed E-state index contributed by atoms with van der Waals surface area (Å²) < 4.78 is 0.802. The van der Waals surface area contributed by atoms with Crippen molar-refractivity contribution >= 4 is 33.1 Å². The summed E-state index contributed by atoms with van der Waals surface area (Å²) in [4.78, 5) is 14.5. The molecule has 0 aliphatic rings. The fraction of sp³-hybridized carbons (Fsp3) is 0.462. The molecule has 0 saturated heterocycles. The highest BCUT2D eigenvalue weighted by Crippen LogP contribution is 2.23. The largest absolute Gasteiger partial charge is 0.365 e. The van der Waals surface area contributed by atoms with E-state index >= 15 is 0 Å². The van der Waals surface area contributed by atoms with Gasteiger partial charge < -0.3 is 5.32 Å². The molecule has 0 radical (unpaired) electrons. The number of nitrogens with one attached hydrogen (secondary N) is 1. The van der Waals surface area contributed by atoms with E-state index in [1.54, 1.807) is 11.3 Å². The number of anilines is 1. The van der Waals surface area contributed by atoms with Gasteiger partial charge in [0.1, 0.15) is 16.2 Å². The molecule has 0 spiro atoms. The van der Waals surface area contributed by atoms with E-state index in [-0.39, 0.29) is 5.41 Å². The van der Waals surface area contributed by atoms with Gasteiger partial charge >= 0.3 is 0 Å². The van der Waals surface area contributed by atoms with Gasteiger partial charge in [-0.2, -0.15) is 0 Å². The molecule has 0 atom stereocenters. The molecule has 102 valence electrons. The zero-order valence-corrected chi connectivity index (χ0v) is 13.9. The lowest BCUT2D eigenvalue weighted by atomic mass is 9.96. The van der Waals surface area contributed by atoms with Gasteiger partial charge in [0.2, 0.25) is 0 Å². The van der Waals surface area contributed by atoms with Crippen molar-refractivity contribution in [2.75, 3.05) is 5.32 Å². The second-order valence-corrected chi connectivity index (χ2v) is 7.12. The van der Waals surface area contributed by atoms with Gasteiger partial charge in [0.15, 0.2) is 0 Å². The molecule has 2 heterocycles. The van der Waals surface area contributed by atoms with Gasteiger partial charge in [-0.3, -0.25) is 0 Å². The van der Waals surface area contributed by atoms with Gasteiger partial charge in [-0.15, -0.1) is 11.3 Å². The Bertz CT molecular complexity index is 574. The zero-order valence-electron chi connectivity index (χ0n) is 11.5. The van der Waals surface area contributed by atoms with Crippen molar-refractivity contribution in [1.82, 2.24) is 15.0 Å². The molecule has 0 aromatic carbocycles. The van der Waals surface area contributed by atoms with E-state index in [9.17, 15) is 0 Å². The third kappa shape index (κ3) is 3.73. The monoisotopic (exact) mass is 340 g/mol. The Kier molecular flexibility index (Phi) is 4.20. The van der Waals surface area contributed by atoms with Crippen LogP contribution in [0.5, 0.6) is 0 Å². The Labute approximate surface area is 125 Å². The van der Waals surface area contributed by atoms with Crippen molar-refractivity contribution in [3.8, 4) is 0 Å². The third-order valence-electron chi connectivity index (χ3n) is 2.64. The maximum absolute atomic E-state index is 4.57. The fourth-order valence-electron chi connectivity index (χ4n) is 1.51. The number of hydrogen-bond donors (Lipinski definition) is 1. The summed E-state index contributed by atoms with van der Waals surface area (Å²) in [6, 6.07) is 1.89. The molecule has 1 N–H and O–H groups in total. The Morgan fingerprint density at radius 2 is 2.05 bits per heavy atom. The number of thiazole rings is 1. The molecule has 0 unspecified atom stereocenters. The Hall–Kier alpha value is -1.01. The fourth-order valence-corrected chi connectivity index (χ4v) is 2.61. The molecule has 0 aliphatic carbocycles. The van der Waals surface area contributed by atoms with E-state index in [4.69, 9.17) is 0 Å².